The van der Waals surface area contributed by atoms with Crippen LogP contribution in [0, 0.1) is 11.6 Å². The fraction of sp³-hybridized carbons (Fsp3) is 0.143. The fourth-order valence-corrected chi connectivity index (χ4v) is 3.80. The van der Waals surface area contributed by atoms with Gasteiger partial charge in [-0.3, -0.25) is 4.40 Å². The second kappa shape index (κ2) is 6.95. The van der Waals surface area contributed by atoms with E-state index in [-0.39, 0.29) is 34.8 Å². The topological polar surface area (TPSA) is 85.5 Å². The molecule has 2 N–H and O–H groups in total. The maximum Gasteiger partial charge on any atom is 0.422 e. The average molecular weight is 462 g/mol. The summed E-state index contributed by atoms with van der Waals surface area (Å²) in [5.41, 5.74) is 5.13. The summed E-state index contributed by atoms with van der Waals surface area (Å²) in [6.07, 6.45) is -2.01. The van der Waals surface area contributed by atoms with Gasteiger partial charge in [0, 0.05) is 6.07 Å². The van der Waals surface area contributed by atoms with Crippen molar-refractivity contribution in [2.45, 2.75) is 6.18 Å². The Hall–Kier alpha value is -4.09. The molecule has 0 fully saturated rings. The minimum atomic E-state index is -4.91. The fourth-order valence-electron chi connectivity index (χ4n) is 3.80. The van der Waals surface area contributed by atoms with Crippen molar-refractivity contribution in [2.24, 2.45) is 0 Å². The highest BCUT2D eigenvalue weighted by Gasteiger charge is 2.40. The van der Waals surface area contributed by atoms with Crippen LogP contribution in [-0.4, -0.2) is 44.2 Å². The first-order valence-corrected chi connectivity index (χ1v) is 9.45. The van der Waals surface area contributed by atoms with E-state index in [9.17, 15) is 26.7 Å². The van der Waals surface area contributed by atoms with Gasteiger partial charge >= 0.3 is 12.1 Å². The van der Waals surface area contributed by atoms with Gasteiger partial charge in [0.2, 0.25) is 5.71 Å². The highest BCUT2D eigenvalue weighted by molar-refractivity contribution is 6.07. The lowest BCUT2D eigenvalue weighted by atomic mass is 10.1. The van der Waals surface area contributed by atoms with E-state index in [1.165, 1.54) is 25.6 Å². The summed E-state index contributed by atoms with van der Waals surface area (Å²) in [7, 11) is 1.30. The van der Waals surface area contributed by atoms with E-state index in [1.807, 2.05) is 0 Å². The van der Waals surface area contributed by atoms with E-state index in [0.29, 0.717) is 17.1 Å². The number of alkyl halides is 3. The van der Waals surface area contributed by atoms with Gasteiger partial charge in [0.1, 0.15) is 29.8 Å². The van der Waals surface area contributed by atoms with Crippen molar-refractivity contribution in [3.63, 3.8) is 0 Å². The zero-order valence-corrected chi connectivity index (χ0v) is 16.7. The summed E-state index contributed by atoms with van der Waals surface area (Å²) >= 11 is 0. The van der Waals surface area contributed by atoms with Crippen LogP contribution >= 0.6 is 0 Å². The summed E-state index contributed by atoms with van der Waals surface area (Å²) < 4.78 is 75.8. The number of nitrogens with two attached hydrogens (primary N) is 1. The molecule has 5 rings (SSSR count). The predicted octanol–water partition coefficient (Wildman–Crippen LogP) is 3.43. The summed E-state index contributed by atoms with van der Waals surface area (Å²) in [6, 6.07) is 3.91. The maximum absolute atomic E-state index is 14.8. The smallest absolute Gasteiger partial charge is 0.422 e. The number of carbonyl (C=O) groups is 1. The number of benzene rings is 2. The molecule has 0 aliphatic carbocycles. The van der Waals surface area contributed by atoms with Crippen LogP contribution in [0.5, 0.6) is 5.75 Å². The monoisotopic (exact) mass is 462 g/mol. The normalized spacial score (nSPS) is 15.1. The number of aromatic nitrogens is 3. The Morgan fingerprint density at radius 1 is 1.21 bits per heavy atom. The number of amides is 1. The molecule has 0 atom stereocenters. The Morgan fingerprint density at radius 2 is 1.97 bits per heavy atom. The van der Waals surface area contributed by atoms with Crippen LogP contribution in [0.3, 0.4) is 0 Å². The SMILES string of the molecule is C[N+](C(=O)c1cc2c(cc1F)nc(N)c1cncn12)=C1COc2c1ccc(C(F)(F)F)c2F. The third-order valence-corrected chi connectivity index (χ3v) is 5.47. The molecule has 33 heavy (non-hydrogen) atoms. The van der Waals surface area contributed by atoms with Crippen LogP contribution in [0.4, 0.5) is 27.8 Å². The number of rotatable bonds is 1. The molecule has 4 aromatic rings. The van der Waals surface area contributed by atoms with Gasteiger partial charge in [-0.15, -0.1) is 0 Å². The van der Waals surface area contributed by atoms with Gasteiger partial charge in [0.25, 0.3) is 0 Å². The Bertz CT molecular complexity index is 1520. The number of carbonyl (C=O) groups excluding carboxylic acids is 1. The molecule has 0 radical (unpaired) electrons. The van der Waals surface area contributed by atoms with Gasteiger partial charge in [0.15, 0.2) is 18.2 Å². The van der Waals surface area contributed by atoms with Crippen LogP contribution in [-0.2, 0) is 6.18 Å². The van der Waals surface area contributed by atoms with Gasteiger partial charge in [-0.2, -0.15) is 17.7 Å². The number of nitrogen functional groups attached to an aromatic ring is 1. The molecule has 2 aromatic heterocycles. The molecule has 1 aliphatic rings. The summed E-state index contributed by atoms with van der Waals surface area (Å²) in [5, 5.41) is 0. The van der Waals surface area contributed by atoms with Gasteiger partial charge < -0.3 is 10.5 Å². The van der Waals surface area contributed by atoms with E-state index < -0.39 is 35.0 Å². The molecule has 7 nitrogen and oxygen atoms in total. The lowest BCUT2D eigenvalue weighted by Crippen LogP contribution is -2.27. The minimum Gasteiger partial charge on any atom is -0.479 e. The van der Waals surface area contributed by atoms with Gasteiger partial charge in [0.05, 0.1) is 34.7 Å². The molecule has 2 aromatic carbocycles. The average Bonchev–Trinajstić information content (AvgIpc) is 3.40. The molecule has 0 saturated heterocycles. The molecule has 3 heterocycles. The zero-order valence-electron chi connectivity index (χ0n) is 16.7. The molecule has 168 valence electrons. The molecule has 1 aliphatic heterocycles. The molecule has 0 bridgehead atoms. The molecule has 0 spiro atoms. The summed E-state index contributed by atoms with van der Waals surface area (Å²) in [6.45, 7) is -0.366. The predicted molar refractivity (Wildman–Crippen MR) is 106 cm³/mol. The standard InChI is InChI=1S/C21H12F5N5O2/c1-30(16-7-33-18-9(16)2-3-11(17(18)23)21(24,25)26)20(32)10-4-14-13(5-12(10)22)29-19(27)15-6-28-8-31(14)15/h2-6,8H,7H2,1H3,(H-,27,29,32)/p+1. The largest absolute Gasteiger partial charge is 0.479 e. The molecule has 1 amide bonds. The van der Waals surface area contributed by atoms with Crippen molar-refractivity contribution < 1.29 is 36.1 Å². The quantitative estimate of drug-likeness (QED) is 0.346. The van der Waals surface area contributed by atoms with E-state index in [1.54, 1.807) is 4.40 Å². The number of anilines is 1. The lowest BCUT2D eigenvalue weighted by molar-refractivity contribution is -0.395. The number of hydrogen-bond acceptors (Lipinski definition) is 5. The number of nitrogens with zero attached hydrogens (tertiary/aromatic N) is 4. The number of fused-ring (bicyclic) bond motifs is 4. The first-order valence-electron chi connectivity index (χ1n) is 9.45. The van der Waals surface area contributed by atoms with Crippen LogP contribution in [0.25, 0.3) is 16.6 Å². The molecular weight excluding hydrogens is 449 g/mol. The van der Waals surface area contributed by atoms with Gasteiger partial charge in [-0.25, -0.2) is 23.5 Å². The third kappa shape index (κ3) is 3.09. The van der Waals surface area contributed by atoms with Crippen LogP contribution in [0.1, 0.15) is 21.5 Å². The Labute approximate surface area is 181 Å². The van der Waals surface area contributed by atoms with Gasteiger partial charge in [-0.1, -0.05) is 0 Å². The Balaban J connectivity index is 1.63. The highest BCUT2D eigenvalue weighted by Crippen LogP contribution is 2.38. The molecule has 12 heteroatoms. The van der Waals surface area contributed by atoms with Crippen molar-refractivity contribution in [3.8, 4) is 5.75 Å². The second-order valence-corrected chi connectivity index (χ2v) is 7.37. The van der Waals surface area contributed by atoms with Crippen molar-refractivity contribution in [2.75, 3.05) is 19.4 Å². The third-order valence-electron chi connectivity index (χ3n) is 5.47. The van der Waals surface area contributed by atoms with Crippen LogP contribution in [0.2, 0.25) is 0 Å². The van der Waals surface area contributed by atoms with Gasteiger partial charge in [-0.05, 0) is 18.2 Å². The minimum absolute atomic E-state index is 0.0241. The number of ether oxygens (including phenoxy) is 1. The van der Waals surface area contributed by atoms with E-state index in [4.69, 9.17) is 10.5 Å². The lowest BCUT2D eigenvalue weighted by Gasteiger charge is -2.09. The van der Waals surface area contributed by atoms with Crippen LogP contribution in [0.15, 0.2) is 36.8 Å². The Kier molecular flexibility index (Phi) is 4.38. The molecule has 0 saturated carbocycles. The molecule has 0 unspecified atom stereocenters. The first-order chi connectivity index (χ1) is 15.6. The zero-order chi connectivity index (χ0) is 23.7. The van der Waals surface area contributed by atoms with Crippen molar-refractivity contribution in [3.05, 3.63) is 65.1 Å². The second-order valence-electron chi connectivity index (χ2n) is 7.37. The van der Waals surface area contributed by atoms with E-state index >= 15 is 0 Å². The van der Waals surface area contributed by atoms with E-state index in [0.717, 1.165) is 16.7 Å². The number of halogens is 5. The van der Waals surface area contributed by atoms with Crippen molar-refractivity contribution >= 4 is 34.0 Å². The summed E-state index contributed by atoms with van der Waals surface area (Å²) in [5.74, 6) is -3.75. The first kappa shape index (κ1) is 20.8. The maximum atomic E-state index is 14.8. The highest BCUT2D eigenvalue weighted by atomic mass is 19.4. The van der Waals surface area contributed by atoms with E-state index in [2.05, 4.69) is 9.97 Å². The summed E-state index contributed by atoms with van der Waals surface area (Å²) in [4.78, 5) is 21.2. The van der Waals surface area contributed by atoms with Crippen LogP contribution < -0.4 is 10.5 Å². The number of hydrogen-bond donors (Lipinski definition) is 1. The van der Waals surface area contributed by atoms with Crippen molar-refractivity contribution in [1.29, 1.82) is 0 Å². The number of imidazole rings is 1. The Morgan fingerprint density at radius 3 is 2.70 bits per heavy atom. The van der Waals surface area contributed by atoms with Crippen molar-refractivity contribution in [1.82, 2.24) is 14.4 Å². The molecular formula is C21H13F5N5O2+.